The Hall–Kier alpha value is -2.21. The summed E-state index contributed by atoms with van der Waals surface area (Å²) in [4.78, 5) is 12.7. The van der Waals surface area contributed by atoms with Crippen molar-refractivity contribution < 1.29 is 213 Å². The molecular weight excluding hydrogens is 1450 g/mol. The van der Waals surface area contributed by atoms with Gasteiger partial charge in [0.1, 0.15) is 165 Å². The van der Waals surface area contributed by atoms with Crippen LogP contribution in [0.5, 0.6) is 0 Å². The molecule has 0 radical (unpaired) electrons. The van der Waals surface area contributed by atoms with Gasteiger partial charge in [0, 0.05) is 30.1 Å². The topological polar surface area (TPSA) is 706 Å². The van der Waals surface area contributed by atoms with Crippen LogP contribution in [0.3, 0.4) is 0 Å². The van der Waals surface area contributed by atoms with Gasteiger partial charge in [0.25, 0.3) is 5.79 Å². The maximum atomic E-state index is 12.7. The van der Waals surface area contributed by atoms with E-state index in [0.717, 1.165) is 0 Å². The number of rotatable bonds is 28. The van der Waals surface area contributed by atoms with Gasteiger partial charge in [0.2, 0.25) is 0 Å². The SMILES string of the molecule is CC1C(O)[C@H](O[C@@H]2OC(CO[C@]3(C(=O)O)C[C@@H](O)[C@@H](N)C(C(O)[C@H](O)CO)O3)[C@H](O)C(O)[C@@H]2O)[C@H](CO)O[C@H]1O[C@@H]1C(O)[C@H](O)C(CO)O[C@@H]1OCC1O[C@@H](O[C@@H]2C(CO)O[C@@H](O[C@@H]3C(CO)O[C@@H](C)[C@@H](C)C3O)[C@@H](C)C2O)[C@H](O)C(OC2O[C@H](CO)[C@@H](O)C(O)C2O[C@@H]2OC(CO)[C@@H](O)C(O)[C@@H]2C)[C@@H]1O. The van der Waals surface area contributed by atoms with Gasteiger partial charge in [-0.2, -0.15) is 0 Å². The van der Waals surface area contributed by atoms with E-state index in [1.165, 1.54) is 20.8 Å². The van der Waals surface area contributed by atoms with Gasteiger partial charge in [-0.05, 0) is 6.92 Å². The summed E-state index contributed by atoms with van der Waals surface area (Å²) in [5, 5.41) is 274. The number of carboxylic acids is 1. The molecule has 0 aromatic carbocycles. The average Bonchev–Trinajstić information content (AvgIpc) is 0.776. The molecule has 44 nitrogen and oxygen atoms in total. The monoisotopic (exact) mass is 1550 g/mol. The Morgan fingerprint density at radius 2 is 0.755 bits per heavy atom. The molecule has 0 bridgehead atoms. The molecule has 106 heavy (non-hydrogen) atoms. The fraction of sp³-hybridized carbons (Fsp3) is 0.984. The summed E-state index contributed by atoms with van der Waals surface area (Å²) in [5.41, 5.74) is 5.95. The van der Waals surface area contributed by atoms with Gasteiger partial charge in [-0.15, -0.1) is 0 Å². The minimum absolute atomic E-state index is 0.526. The van der Waals surface area contributed by atoms with Gasteiger partial charge in [-0.3, -0.25) is 0 Å². The molecule has 9 heterocycles. The number of aliphatic carboxylic acids is 1. The molecule has 44 heteroatoms. The van der Waals surface area contributed by atoms with E-state index < -0.39 is 353 Å². The highest BCUT2D eigenvalue weighted by Gasteiger charge is 2.61. The van der Waals surface area contributed by atoms with E-state index in [0.29, 0.717) is 0 Å². The smallest absolute Gasteiger partial charge is 0.364 e. The van der Waals surface area contributed by atoms with E-state index in [9.17, 15) is 132 Å². The summed E-state index contributed by atoms with van der Waals surface area (Å²) < 4.78 is 101. The zero-order valence-corrected chi connectivity index (χ0v) is 58.2. The summed E-state index contributed by atoms with van der Waals surface area (Å²) in [6.07, 6.45) is -74.2. The number of hydrogen-bond acceptors (Lipinski definition) is 43. The third-order valence-electron chi connectivity index (χ3n) is 21.5. The maximum Gasteiger partial charge on any atom is 0.364 e. The quantitative estimate of drug-likeness (QED) is 0.0346. The number of aliphatic hydroxyl groups is 24. The van der Waals surface area contributed by atoms with E-state index in [1.807, 2.05) is 0 Å². The van der Waals surface area contributed by atoms with Crippen molar-refractivity contribution >= 4 is 5.97 Å². The van der Waals surface area contributed by atoms with Crippen LogP contribution in [0, 0.1) is 23.7 Å². The van der Waals surface area contributed by atoms with Crippen LogP contribution in [0.2, 0.25) is 0 Å². The summed E-state index contributed by atoms with van der Waals surface area (Å²) >= 11 is 0. The van der Waals surface area contributed by atoms with Gasteiger partial charge in [0.15, 0.2) is 44.0 Å². The molecule has 618 valence electrons. The molecule has 27 N–H and O–H groups in total. The van der Waals surface area contributed by atoms with Crippen LogP contribution in [-0.4, -0.2) is 450 Å². The Kier molecular flexibility index (Phi) is 30.9. The molecule has 9 fully saturated rings. The average molecular weight is 1550 g/mol. The van der Waals surface area contributed by atoms with Crippen molar-refractivity contribution in [3.8, 4) is 0 Å². The molecule has 9 rings (SSSR count). The summed E-state index contributed by atoms with van der Waals surface area (Å²) in [6.45, 7) is -1.29. The highest BCUT2D eigenvalue weighted by Crippen LogP contribution is 2.42. The summed E-state index contributed by atoms with van der Waals surface area (Å²) in [7, 11) is 0. The maximum absolute atomic E-state index is 12.7. The molecule has 0 spiro atoms. The van der Waals surface area contributed by atoms with Crippen molar-refractivity contribution in [1.29, 1.82) is 0 Å². The predicted octanol–water partition coefficient (Wildman–Crippen LogP) is -15.3. The number of carboxylic acid groups (broad SMARTS) is 1. The minimum Gasteiger partial charge on any atom is -0.477 e. The molecule has 0 amide bonds. The molecule has 0 aromatic rings. The molecule has 0 aromatic heterocycles. The highest BCUT2D eigenvalue weighted by atomic mass is 16.8. The predicted molar refractivity (Wildman–Crippen MR) is 332 cm³/mol. The van der Waals surface area contributed by atoms with Crippen molar-refractivity contribution in [1.82, 2.24) is 0 Å². The lowest BCUT2D eigenvalue weighted by molar-refractivity contribution is -0.399. The first-order valence-electron chi connectivity index (χ1n) is 35.0. The van der Waals surface area contributed by atoms with Gasteiger partial charge < -0.3 is 214 Å². The van der Waals surface area contributed by atoms with Crippen LogP contribution in [0.4, 0.5) is 0 Å². The lowest BCUT2D eigenvalue weighted by Gasteiger charge is -2.50. The van der Waals surface area contributed by atoms with Crippen molar-refractivity contribution in [3.05, 3.63) is 0 Å². The Morgan fingerprint density at radius 1 is 0.387 bits per heavy atom. The molecular formula is C62H107NO43. The Bertz CT molecular complexity index is 2690. The summed E-state index contributed by atoms with van der Waals surface area (Å²) in [6, 6.07) is -1.55. The first-order valence-corrected chi connectivity index (χ1v) is 35.0. The van der Waals surface area contributed by atoms with Gasteiger partial charge in [-0.25, -0.2) is 4.79 Å². The minimum atomic E-state index is -2.92. The zero-order chi connectivity index (χ0) is 78.1. The fourth-order valence-corrected chi connectivity index (χ4v) is 14.4. The normalized spacial score (nSPS) is 51.9. The number of nitrogens with two attached hydrogens (primary N) is 1. The molecule has 9 aliphatic rings. The van der Waals surface area contributed by atoms with Crippen molar-refractivity contribution in [3.63, 3.8) is 0 Å². The molecule has 9 saturated heterocycles. The number of hydrogen-bond donors (Lipinski definition) is 26. The second kappa shape index (κ2) is 37.4. The second-order valence-corrected chi connectivity index (χ2v) is 28.6. The third kappa shape index (κ3) is 18.1. The van der Waals surface area contributed by atoms with Crippen LogP contribution >= 0.6 is 0 Å². The van der Waals surface area contributed by atoms with Crippen LogP contribution in [0.15, 0.2) is 0 Å². The highest BCUT2D eigenvalue weighted by molar-refractivity contribution is 5.76. The van der Waals surface area contributed by atoms with Crippen LogP contribution in [0.1, 0.15) is 41.0 Å². The third-order valence-corrected chi connectivity index (χ3v) is 21.5. The molecule has 0 aliphatic carbocycles. The van der Waals surface area contributed by atoms with E-state index in [4.69, 9.17) is 86.3 Å². The lowest BCUT2D eigenvalue weighted by atomic mass is 9.88. The molecule has 19 unspecified atom stereocenters. The first kappa shape index (κ1) is 87.8. The van der Waals surface area contributed by atoms with Crippen molar-refractivity contribution in [2.24, 2.45) is 29.4 Å². The van der Waals surface area contributed by atoms with Gasteiger partial charge >= 0.3 is 5.97 Å². The van der Waals surface area contributed by atoms with Gasteiger partial charge in [0.05, 0.1) is 102 Å². The number of ether oxygens (including phenoxy) is 17. The van der Waals surface area contributed by atoms with E-state index in [2.05, 4.69) is 0 Å². The van der Waals surface area contributed by atoms with E-state index in [1.54, 1.807) is 13.8 Å². The zero-order valence-electron chi connectivity index (χ0n) is 58.2. The molecule has 46 atom stereocenters. The van der Waals surface area contributed by atoms with Crippen LogP contribution < -0.4 is 5.73 Å². The Morgan fingerprint density at radius 3 is 1.24 bits per heavy atom. The Labute approximate surface area is 604 Å². The van der Waals surface area contributed by atoms with Gasteiger partial charge in [-0.1, -0.05) is 27.7 Å². The molecule has 9 aliphatic heterocycles. The first-order chi connectivity index (χ1) is 50.1. The van der Waals surface area contributed by atoms with E-state index >= 15 is 0 Å². The molecule has 0 saturated carbocycles. The summed E-state index contributed by atoms with van der Waals surface area (Å²) in [5.74, 6) is -9.10. The van der Waals surface area contributed by atoms with E-state index in [-0.39, 0.29) is 0 Å². The number of aliphatic hydroxyl groups excluding tert-OH is 24. The van der Waals surface area contributed by atoms with Crippen LogP contribution in [0.25, 0.3) is 0 Å². The van der Waals surface area contributed by atoms with Crippen LogP contribution in [-0.2, 0) is 85.3 Å². The second-order valence-electron chi connectivity index (χ2n) is 28.6. The largest absolute Gasteiger partial charge is 0.477 e. The number of carbonyl (C=O) groups is 1. The Balaban J connectivity index is 0.951. The fourth-order valence-electron chi connectivity index (χ4n) is 14.4. The lowest BCUT2D eigenvalue weighted by Crippen LogP contribution is -2.68. The van der Waals surface area contributed by atoms with Crippen molar-refractivity contribution in [2.45, 2.75) is 298 Å². The standard InChI is InChI=1S/C62H107NO43/c1-16-20(5)92-26(11-68)47(33(16)74)100-55-18(3)34(75)49(28(13-70)96-55)102-58-46(87)51(103-60-53(44(85)39(80)25(10-67)95-60)105-54-17(2)32(73)37(78)23(8-65)93-54)41(82)29(98-58)14-90-59-52(43(84)38(79)24(9-66)94-59)104-56-19(4)35(76)48(27(12-69)97-56)101-57-45(86)42(83)40(81)30(99-57)15-91-62(61(88)89)6-21(71)31(63)50(106-62)36(77)22(72)7-64/h16-60,64-87H,6-15,63H2,1-5H3,(H,88,89)/t16-,17+,18+,19?,20+,21-,22-,23?,24?,25-,26?,27+,28?,29?,30?,31-,32?,33?,34?,35?,36?,37-,38-,39-,40+,41-,42?,43?,44?,45+,46-,47-,48-,49-,50?,51?,52-,53?,54+,55+,56+,57+,58+,59+,60?,62-/m1/s1. The van der Waals surface area contributed by atoms with Crippen molar-refractivity contribution in [2.75, 3.05) is 59.5 Å².